The highest BCUT2D eigenvalue weighted by atomic mass is 79.9. The number of thiophene rings is 1. The number of likely N-dealkylation sites (tertiary alicyclic amines) is 1. The molecule has 1 aliphatic rings. The van der Waals surface area contributed by atoms with Crippen molar-refractivity contribution in [1.82, 2.24) is 10.2 Å². The number of hydrogen-bond donors (Lipinski definition) is 1. The summed E-state index contributed by atoms with van der Waals surface area (Å²) in [4.78, 5) is 15.1. The number of hydrogen-bond acceptors (Lipinski definition) is 3. The molecule has 3 nitrogen and oxygen atoms in total. The summed E-state index contributed by atoms with van der Waals surface area (Å²) in [6.45, 7) is 2.89. The molecule has 2 heterocycles. The molecule has 0 aliphatic carbocycles. The lowest BCUT2D eigenvalue weighted by atomic mass is 9.93. The lowest BCUT2D eigenvalue weighted by Gasteiger charge is -2.31. The summed E-state index contributed by atoms with van der Waals surface area (Å²) < 4.78 is 1.02. The highest BCUT2D eigenvalue weighted by Crippen LogP contribution is 2.26. The molecule has 0 aromatic carbocycles. The summed E-state index contributed by atoms with van der Waals surface area (Å²) in [5.41, 5.74) is 0. The Bertz CT molecular complexity index is 405. The van der Waals surface area contributed by atoms with E-state index in [0.29, 0.717) is 0 Å². The van der Waals surface area contributed by atoms with Crippen LogP contribution in [0.5, 0.6) is 0 Å². The van der Waals surface area contributed by atoms with E-state index < -0.39 is 0 Å². The first-order chi connectivity index (χ1) is 8.70. The van der Waals surface area contributed by atoms with E-state index in [1.54, 1.807) is 0 Å². The van der Waals surface area contributed by atoms with Crippen molar-refractivity contribution in [3.05, 3.63) is 20.8 Å². The number of halogens is 2. The van der Waals surface area contributed by atoms with Gasteiger partial charge in [0.25, 0.3) is 5.91 Å². The zero-order valence-electron chi connectivity index (χ0n) is 11.0. The standard InChI is InChI=1S/C13H19BrN2OS.ClH/c1-15-7-4-10-5-8-16(9-6-10)13(17)11-2-3-12(14)18-11;/h2-3,10,15H,4-9H2,1H3;1H. The van der Waals surface area contributed by atoms with Crippen molar-refractivity contribution in [3.8, 4) is 0 Å². The van der Waals surface area contributed by atoms with Gasteiger partial charge in [0, 0.05) is 13.1 Å². The van der Waals surface area contributed by atoms with Gasteiger partial charge in [-0.2, -0.15) is 0 Å². The number of nitrogens with zero attached hydrogens (tertiary/aromatic N) is 1. The third-order valence-corrected chi connectivity index (χ3v) is 5.10. The molecular weight excluding hydrogens is 348 g/mol. The fourth-order valence-electron chi connectivity index (χ4n) is 2.36. The zero-order valence-corrected chi connectivity index (χ0v) is 14.2. The summed E-state index contributed by atoms with van der Waals surface area (Å²) >= 11 is 4.92. The molecule has 1 saturated heterocycles. The predicted molar refractivity (Wildman–Crippen MR) is 86.4 cm³/mol. The van der Waals surface area contributed by atoms with Gasteiger partial charge in [0.2, 0.25) is 0 Å². The van der Waals surface area contributed by atoms with Gasteiger partial charge in [0.1, 0.15) is 0 Å². The van der Waals surface area contributed by atoms with E-state index in [4.69, 9.17) is 0 Å². The van der Waals surface area contributed by atoms with Crippen LogP contribution in [0.25, 0.3) is 0 Å². The number of rotatable bonds is 4. The van der Waals surface area contributed by atoms with Gasteiger partial charge in [-0.3, -0.25) is 4.79 Å². The Hall–Kier alpha value is -0.100. The topological polar surface area (TPSA) is 32.3 Å². The molecule has 6 heteroatoms. The lowest BCUT2D eigenvalue weighted by molar-refractivity contribution is 0.0692. The molecule has 0 bridgehead atoms. The fourth-order valence-corrected chi connectivity index (χ4v) is 3.71. The SMILES string of the molecule is CNCCC1CCN(C(=O)c2ccc(Br)s2)CC1.Cl. The van der Waals surface area contributed by atoms with Crippen LogP contribution in [0.15, 0.2) is 15.9 Å². The molecule has 1 N–H and O–H groups in total. The van der Waals surface area contributed by atoms with Crippen LogP contribution in [0.1, 0.15) is 28.9 Å². The van der Waals surface area contributed by atoms with E-state index in [0.717, 1.165) is 47.1 Å². The summed E-state index contributed by atoms with van der Waals surface area (Å²) in [5.74, 6) is 0.967. The molecular formula is C13H20BrClN2OS. The van der Waals surface area contributed by atoms with Crippen LogP contribution in [-0.4, -0.2) is 37.5 Å². The van der Waals surface area contributed by atoms with Gasteiger partial charge in [0.05, 0.1) is 8.66 Å². The first-order valence-electron chi connectivity index (χ1n) is 6.40. The maximum Gasteiger partial charge on any atom is 0.263 e. The van der Waals surface area contributed by atoms with E-state index in [2.05, 4.69) is 21.2 Å². The number of carbonyl (C=O) groups excluding carboxylic acids is 1. The highest BCUT2D eigenvalue weighted by molar-refractivity contribution is 9.11. The Kier molecular flexibility index (Phi) is 7.36. The molecule has 1 amide bonds. The Labute approximate surface area is 133 Å². The van der Waals surface area contributed by atoms with Crippen LogP contribution < -0.4 is 5.32 Å². The second-order valence-corrected chi connectivity index (χ2v) is 7.19. The van der Waals surface area contributed by atoms with Crippen molar-refractivity contribution >= 4 is 45.6 Å². The van der Waals surface area contributed by atoms with Crippen LogP contribution in [0, 0.1) is 5.92 Å². The van der Waals surface area contributed by atoms with Crippen molar-refractivity contribution in [2.24, 2.45) is 5.92 Å². The zero-order chi connectivity index (χ0) is 13.0. The minimum absolute atomic E-state index is 0. The van der Waals surface area contributed by atoms with Crippen molar-refractivity contribution in [3.63, 3.8) is 0 Å². The normalized spacial score (nSPS) is 16.2. The van der Waals surface area contributed by atoms with Crippen LogP contribution in [-0.2, 0) is 0 Å². The van der Waals surface area contributed by atoms with Gasteiger partial charge < -0.3 is 10.2 Å². The molecule has 1 aliphatic heterocycles. The molecule has 0 saturated carbocycles. The summed E-state index contributed by atoms with van der Waals surface area (Å²) in [7, 11) is 1.99. The Balaban J connectivity index is 0.00000180. The molecule has 0 unspecified atom stereocenters. The van der Waals surface area contributed by atoms with Gasteiger partial charge in [-0.15, -0.1) is 23.7 Å². The smallest absolute Gasteiger partial charge is 0.263 e. The molecule has 0 atom stereocenters. The van der Waals surface area contributed by atoms with E-state index in [1.165, 1.54) is 17.8 Å². The highest BCUT2D eigenvalue weighted by Gasteiger charge is 2.23. The third kappa shape index (κ3) is 4.74. The second kappa shape index (κ2) is 8.25. The molecule has 1 aromatic heterocycles. The number of piperidine rings is 1. The Morgan fingerprint density at radius 3 is 2.68 bits per heavy atom. The van der Waals surface area contributed by atoms with E-state index in [9.17, 15) is 4.79 Å². The van der Waals surface area contributed by atoms with Gasteiger partial charge >= 0.3 is 0 Å². The van der Waals surface area contributed by atoms with Crippen LogP contribution in [0.4, 0.5) is 0 Å². The second-order valence-electron chi connectivity index (χ2n) is 4.73. The average Bonchev–Trinajstić information content (AvgIpc) is 2.83. The van der Waals surface area contributed by atoms with Crippen molar-refractivity contribution in [2.75, 3.05) is 26.7 Å². The van der Waals surface area contributed by atoms with Crippen LogP contribution in [0.2, 0.25) is 0 Å². The first-order valence-corrected chi connectivity index (χ1v) is 8.01. The quantitative estimate of drug-likeness (QED) is 0.884. The van der Waals surface area contributed by atoms with Gasteiger partial charge in [-0.25, -0.2) is 0 Å². The number of nitrogens with one attached hydrogen (secondary N) is 1. The van der Waals surface area contributed by atoms with Crippen LogP contribution in [0.3, 0.4) is 0 Å². The first kappa shape index (κ1) is 17.0. The minimum Gasteiger partial charge on any atom is -0.338 e. The lowest BCUT2D eigenvalue weighted by Crippen LogP contribution is -2.38. The minimum atomic E-state index is 0. The van der Waals surface area contributed by atoms with E-state index >= 15 is 0 Å². The molecule has 108 valence electrons. The number of amides is 1. The number of carbonyl (C=O) groups is 1. The molecule has 19 heavy (non-hydrogen) atoms. The van der Waals surface area contributed by atoms with Gasteiger partial charge in [-0.05, 0) is 66.8 Å². The van der Waals surface area contributed by atoms with Crippen molar-refractivity contribution in [1.29, 1.82) is 0 Å². The Morgan fingerprint density at radius 2 is 2.16 bits per heavy atom. The third-order valence-electron chi connectivity index (χ3n) is 3.49. The molecule has 1 fully saturated rings. The van der Waals surface area contributed by atoms with E-state index in [-0.39, 0.29) is 18.3 Å². The maximum atomic E-state index is 12.2. The van der Waals surface area contributed by atoms with Gasteiger partial charge in [0.15, 0.2) is 0 Å². The molecule has 0 spiro atoms. The largest absolute Gasteiger partial charge is 0.338 e. The molecule has 2 rings (SSSR count). The fraction of sp³-hybridized carbons (Fsp3) is 0.615. The monoisotopic (exact) mass is 366 g/mol. The van der Waals surface area contributed by atoms with Crippen LogP contribution >= 0.6 is 39.7 Å². The molecule has 0 radical (unpaired) electrons. The Morgan fingerprint density at radius 1 is 1.47 bits per heavy atom. The van der Waals surface area contributed by atoms with Crippen molar-refractivity contribution in [2.45, 2.75) is 19.3 Å². The average molecular weight is 368 g/mol. The van der Waals surface area contributed by atoms with Crippen molar-refractivity contribution < 1.29 is 4.79 Å². The maximum absolute atomic E-state index is 12.2. The van der Waals surface area contributed by atoms with Gasteiger partial charge in [-0.1, -0.05) is 0 Å². The molecule has 1 aromatic rings. The summed E-state index contributed by atoms with van der Waals surface area (Å²) in [6.07, 6.45) is 3.50. The van der Waals surface area contributed by atoms with E-state index in [1.807, 2.05) is 24.1 Å². The summed E-state index contributed by atoms with van der Waals surface area (Å²) in [6, 6.07) is 3.85. The summed E-state index contributed by atoms with van der Waals surface area (Å²) in [5, 5.41) is 3.19. The predicted octanol–water partition coefficient (Wildman–Crippen LogP) is 3.39.